The summed E-state index contributed by atoms with van der Waals surface area (Å²) in [4.78, 5) is 11.6. The second-order valence-electron chi connectivity index (χ2n) is 3.84. The molecule has 19 heavy (non-hydrogen) atoms. The largest absolute Gasteiger partial charge is 0.497 e. The fourth-order valence-electron chi connectivity index (χ4n) is 1.42. The van der Waals surface area contributed by atoms with E-state index in [1.165, 1.54) is 0 Å². The average Bonchev–Trinajstić information content (AvgIpc) is 2.83. The van der Waals surface area contributed by atoms with Gasteiger partial charge < -0.3 is 19.3 Å². The molecular formula is C13H14N2O4. The average molecular weight is 262 g/mol. The van der Waals surface area contributed by atoms with Crippen molar-refractivity contribution in [1.82, 2.24) is 5.16 Å². The molecule has 100 valence electrons. The van der Waals surface area contributed by atoms with E-state index in [0.29, 0.717) is 17.3 Å². The van der Waals surface area contributed by atoms with Crippen LogP contribution in [0.5, 0.6) is 11.6 Å². The first-order chi connectivity index (χ1) is 9.17. The van der Waals surface area contributed by atoms with Gasteiger partial charge in [-0.2, -0.15) is 0 Å². The number of hydrogen-bond donors (Lipinski definition) is 1. The highest BCUT2D eigenvalue weighted by Crippen LogP contribution is 2.15. The maximum Gasteiger partial charge on any atom is 0.262 e. The third-order valence-corrected chi connectivity index (χ3v) is 2.33. The zero-order valence-electron chi connectivity index (χ0n) is 10.7. The highest BCUT2D eigenvalue weighted by atomic mass is 16.5. The molecule has 2 aromatic rings. The van der Waals surface area contributed by atoms with E-state index in [1.807, 2.05) is 0 Å². The molecule has 0 fully saturated rings. The number of hydrogen-bond acceptors (Lipinski definition) is 5. The molecule has 0 radical (unpaired) electrons. The van der Waals surface area contributed by atoms with Gasteiger partial charge in [0.05, 0.1) is 7.11 Å². The minimum atomic E-state index is -0.272. The van der Waals surface area contributed by atoms with Crippen LogP contribution < -0.4 is 14.8 Å². The van der Waals surface area contributed by atoms with Crippen LogP contribution in [0.2, 0.25) is 0 Å². The molecule has 1 aromatic heterocycles. The smallest absolute Gasteiger partial charge is 0.262 e. The Bertz CT molecular complexity index is 548. The van der Waals surface area contributed by atoms with Gasteiger partial charge in [-0.05, 0) is 36.3 Å². The fraction of sp³-hybridized carbons (Fsp3) is 0.231. The van der Waals surface area contributed by atoms with Crippen molar-refractivity contribution in [2.45, 2.75) is 6.92 Å². The van der Waals surface area contributed by atoms with Gasteiger partial charge in [0.1, 0.15) is 11.5 Å². The maximum absolute atomic E-state index is 11.6. The van der Waals surface area contributed by atoms with Gasteiger partial charge in [0.25, 0.3) is 11.8 Å². The molecule has 1 N–H and O–H groups in total. The van der Waals surface area contributed by atoms with Crippen LogP contribution in [0.1, 0.15) is 5.76 Å². The van der Waals surface area contributed by atoms with E-state index in [4.69, 9.17) is 14.0 Å². The number of nitrogens with zero attached hydrogens (tertiary/aromatic N) is 1. The zero-order valence-corrected chi connectivity index (χ0v) is 10.7. The summed E-state index contributed by atoms with van der Waals surface area (Å²) < 4.78 is 15.0. The number of ether oxygens (including phenoxy) is 2. The van der Waals surface area contributed by atoms with Crippen molar-refractivity contribution in [3.05, 3.63) is 36.1 Å². The summed E-state index contributed by atoms with van der Waals surface area (Å²) in [5.41, 5.74) is 0.672. The number of aromatic nitrogens is 1. The summed E-state index contributed by atoms with van der Waals surface area (Å²) in [6.45, 7) is 1.62. The third kappa shape index (κ3) is 3.74. The second kappa shape index (κ2) is 5.90. The lowest BCUT2D eigenvalue weighted by atomic mass is 10.3. The quantitative estimate of drug-likeness (QED) is 0.892. The highest BCUT2D eigenvalue weighted by molar-refractivity contribution is 5.91. The highest BCUT2D eigenvalue weighted by Gasteiger charge is 2.06. The molecular weight excluding hydrogens is 248 g/mol. The van der Waals surface area contributed by atoms with E-state index in [0.717, 1.165) is 5.75 Å². The number of methoxy groups -OCH3 is 1. The van der Waals surface area contributed by atoms with Gasteiger partial charge in [-0.25, -0.2) is 0 Å². The summed E-state index contributed by atoms with van der Waals surface area (Å²) in [7, 11) is 1.58. The maximum atomic E-state index is 11.6. The Morgan fingerprint density at radius 3 is 2.68 bits per heavy atom. The Hall–Kier alpha value is -2.50. The van der Waals surface area contributed by atoms with Gasteiger partial charge in [-0.1, -0.05) is 0 Å². The van der Waals surface area contributed by atoms with Gasteiger partial charge in [-0.3, -0.25) is 4.79 Å². The molecule has 0 atom stereocenters. The topological polar surface area (TPSA) is 73.6 Å². The van der Waals surface area contributed by atoms with Crippen molar-refractivity contribution in [2.24, 2.45) is 0 Å². The van der Waals surface area contributed by atoms with E-state index < -0.39 is 0 Å². The van der Waals surface area contributed by atoms with Gasteiger partial charge >= 0.3 is 0 Å². The number of amides is 1. The minimum Gasteiger partial charge on any atom is -0.497 e. The van der Waals surface area contributed by atoms with Gasteiger partial charge in [0.2, 0.25) is 0 Å². The van der Waals surface area contributed by atoms with Crippen molar-refractivity contribution in [3.8, 4) is 11.6 Å². The number of rotatable bonds is 5. The summed E-state index contributed by atoms with van der Waals surface area (Å²) >= 11 is 0. The first-order valence-electron chi connectivity index (χ1n) is 5.67. The van der Waals surface area contributed by atoms with Gasteiger partial charge in [-0.15, -0.1) is 0 Å². The molecule has 0 saturated heterocycles. The number of carbonyl (C=O) groups excluding carboxylic acids is 1. The van der Waals surface area contributed by atoms with Crippen LogP contribution in [0.15, 0.2) is 34.9 Å². The summed E-state index contributed by atoms with van der Waals surface area (Å²) in [6.07, 6.45) is 0. The molecule has 1 heterocycles. The molecule has 0 aliphatic rings. The van der Waals surface area contributed by atoms with Crippen LogP contribution in [0.25, 0.3) is 0 Å². The second-order valence-corrected chi connectivity index (χ2v) is 3.84. The normalized spacial score (nSPS) is 10.0. The third-order valence-electron chi connectivity index (χ3n) is 2.33. The van der Waals surface area contributed by atoms with Crippen LogP contribution >= 0.6 is 0 Å². The molecule has 0 aliphatic carbocycles. The van der Waals surface area contributed by atoms with E-state index >= 15 is 0 Å². The van der Waals surface area contributed by atoms with Crippen molar-refractivity contribution in [2.75, 3.05) is 19.0 Å². The fourth-order valence-corrected chi connectivity index (χ4v) is 1.42. The number of anilines is 1. The first-order valence-corrected chi connectivity index (χ1v) is 5.67. The van der Waals surface area contributed by atoms with Crippen LogP contribution in [0.4, 0.5) is 5.69 Å². The van der Waals surface area contributed by atoms with Gasteiger partial charge in [0, 0.05) is 11.8 Å². The predicted octanol–water partition coefficient (Wildman–Crippen LogP) is 2.01. The van der Waals surface area contributed by atoms with Crippen LogP contribution in [-0.2, 0) is 4.79 Å². The Kier molecular flexibility index (Phi) is 4.02. The molecule has 0 saturated carbocycles. The summed E-state index contributed by atoms with van der Waals surface area (Å²) in [5, 5.41) is 6.32. The monoisotopic (exact) mass is 262 g/mol. The van der Waals surface area contributed by atoms with Crippen molar-refractivity contribution in [3.63, 3.8) is 0 Å². The van der Waals surface area contributed by atoms with Crippen molar-refractivity contribution in [1.29, 1.82) is 0 Å². The van der Waals surface area contributed by atoms with Crippen LogP contribution in [-0.4, -0.2) is 24.8 Å². The van der Waals surface area contributed by atoms with Gasteiger partial charge in [0.15, 0.2) is 6.61 Å². The number of benzene rings is 1. The Labute approximate surface area is 110 Å². The molecule has 1 amide bonds. The molecule has 0 aliphatic heterocycles. The van der Waals surface area contributed by atoms with Crippen molar-refractivity contribution >= 4 is 11.6 Å². The predicted molar refractivity (Wildman–Crippen MR) is 68.4 cm³/mol. The van der Waals surface area contributed by atoms with E-state index in [-0.39, 0.29) is 12.5 Å². The molecule has 2 rings (SSSR count). The molecule has 0 spiro atoms. The number of carbonyl (C=O) groups is 1. The lowest BCUT2D eigenvalue weighted by Gasteiger charge is -2.06. The number of nitrogens with one attached hydrogen (secondary N) is 1. The molecule has 6 heteroatoms. The Morgan fingerprint density at radius 2 is 2.11 bits per heavy atom. The van der Waals surface area contributed by atoms with E-state index in [9.17, 15) is 4.79 Å². The van der Waals surface area contributed by atoms with Crippen LogP contribution in [0.3, 0.4) is 0 Å². The summed E-state index contributed by atoms with van der Waals surface area (Å²) in [6, 6.07) is 8.63. The molecule has 0 unspecified atom stereocenters. The van der Waals surface area contributed by atoms with E-state index in [2.05, 4.69) is 10.5 Å². The zero-order chi connectivity index (χ0) is 13.7. The van der Waals surface area contributed by atoms with Crippen molar-refractivity contribution < 1.29 is 18.8 Å². The molecule has 0 bridgehead atoms. The van der Waals surface area contributed by atoms with Crippen LogP contribution in [0, 0.1) is 6.92 Å². The number of aryl methyl sites for hydroxylation is 1. The standard InChI is InChI=1S/C13H14N2O4/c1-9-7-13(15-19-9)18-8-12(16)14-10-3-5-11(17-2)6-4-10/h3-7H,8H2,1-2H3,(H,14,16). The van der Waals surface area contributed by atoms with E-state index in [1.54, 1.807) is 44.4 Å². The first kappa shape index (κ1) is 12.9. The molecule has 6 nitrogen and oxygen atoms in total. The SMILES string of the molecule is COc1ccc(NC(=O)COc2cc(C)on2)cc1. The summed E-state index contributed by atoms with van der Waals surface area (Å²) in [5.74, 6) is 1.38. The minimum absolute atomic E-state index is 0.127. The lowest BCUT2D eigenvalue weighted by Crippen LogP contribution is -2.20. The molecule has 1 aromatic carbocycles. The Morgan fingerprint density at radius 1 is 1.37 bits per heavy atom. The Balaban J connectivity index is 1.83. The lowest BCUT2D eigenvalue weighted by molar-refractivity contribution is -0.118.